The molecule has 6 nitrogen and oxygen atoms in total. The molecule has 0 atom stereocenters. The molecule has 2 aromatic carbocycles. The average molecular weight is 788 g/mol. The summed E-state index contributed by atoms with van der Waals surface area (Å²) in [5.41, 5.74) is 7.03. The number of nitrogens with two attached hydrogens (primary N) is 1. The Morgan fingerprint density at radius 3 is 2.00 bits per heavy atom. The van der Waals surface area contributed by atoms with Gasteiger partial charge in [0.25, 0.3) is 0 Å². The number of hydrogen-bond acceptors (Lipinski definition) is 5. The number of nitrogens with zero attached hydrogens (tertiary/aromatic N) is 3. The SMILES string of the molecule is COc1cc(N=Nc2cc[c-]cc2)c(OC)cc1N=[NH2+].[No].[No]. The smallest absolute Gasteiger partial charge is 0.175 e. The van der Waals surface area contributed by atoms with Gasteiger partial charge in [-0.25, -0.2) is 0 Å². The van der Waals surface area contributed by atoms with Crippen LogP contribution in [-0.4, -0.2) is 14.2 Å². The minimum atomic E-state index is 0. The Labute approximate surface area is 116 Å². The topological polar surface area (TPSA) is 81.1 Å². The van der Waals surface area contributed by atoms with Gasteiger partial charge in [-0.3, -0.25) is 0 Å². The van der Waals surface area contributed by atoms with E-state index in [0.29, 0.717) is 22.9 Å². The third-order valence-corrected chi connectivity index (χ3v) is 2.59. The summed E-state index contributed by atoms with van der Waals surface area (Å²) in [7, 11) is 3.07. The first-order valence-electron chi connectivity index (χ1n) is 5.83. The molecule has 2 N–H and O–H groups in total. The van der Waals surface area contributed by atoms with Crippen molar-refractivity contribution in [2.75, 3.05) is 14.2 Å². The second-order valence-corrected chi connectivity index (χ2v) is 3.78. The van der Waals surface area contributed by atoms with Gasteiger partial charge in [-0.2, -0.15) is 28.8 Å². The van der Waals surface area contributed by atoms with E-state index >= 15 is 0 Å². The molecule has 0 aliphatic carbocycles. The fraction of sp³-hybridized carbons (Fsp3) is 0.143. The molecule has 2 aromatic rings. The fourth-order valence-electron chi connectivity index (χ4n) is 1.60. The Kier molecular flexibility index (Phi) is 5.98. The molecule has 0 radical (unpaired) electrons. The van der Waals surface area contributed by atoms with Crippen LogP contribution in [0.1, 0.15) is 0 Å². The molecule has 0 aliphatic rings. The predicted octanol–water partition coefficient (Wildman–Crippen LogP) is 2.76. The zero-order valence-electron chi connectivity index (χ0n) is 11.7. The molecular formula is C14H14N4No2O2. The van der Waals surface area contributed by atoms with Crippen molar-refractivity contribution in [2.24, 2.45) is 15.3 Å². The van der Waals surface area contributed by atoms with Crippen LogP contribution in [0.4, 0.5) is 17.1 Å². The van der Waals surface area contributed by atoms with Crippen LogP contribution in [0, 0.1) is 6.07 Å². The average Bonchev–Trinajstić information content (AvgIpc) is 2.52. The molecule has 0 bridgehead atoms. The van der Waals surface area contributed by atoms with Crippen LogP contribution in [0.2, 0.25) is 0 Å². The molecule has 8 heteroatoms. The Morgan fingerprint density at radius 2 is 1.45 bits per heavy atom. The zero-order chi connectivity index (χ0) is 14.4. The Morgan fingerprint density at radius 1 is 0.909 bits per heavy atom. The van der Waals surface area contributed by atoms with Gasteiger partial charge in [-0.05, 0) is 10.8 Å². The van der Waals surface area contributed by atoms with Gasteiger partial charge in [0.1, 0.15) is 11.4 Å². The first kappa shape index (κ1) is 17.2. The minimum absolute atomic E-state index is 0. The van der Waals surface area contributed by atoms with E-state index in [9.17, 15) is 0 Å². The van der Waals surface area contributed by atoms with E-state index in [0.717, 1.165) is 5.69 Å². The van der Waals surface area contributed by atoms with Crippen LogP contribution < -0.4 is 15.0 Å². The summed E-state index contributed by atoms with van der Waals surface area (Å²) < 4.78 is 10.4. The number of azo groups is 1. The summed E-state index contributed by atoms with van der Waals surface area (Å²) in [4.78, 5) is 0. The molecule has 0 unspecified atom stereocenters. The summed E-state index contributed by atoms with van der Waals surface area (Å²) in [5, 5.41) is 11.9. The van der Waals surface area contributed by atoms with Gasteiger partial charge < -0.3 is 9.47 Å². The molecule has 0 fully saturated rings. The number of hydrogen-bond donors (Lipinski definition) is 1. The standard InChI is InChI=1S/C14H13N4O2.2No/c1-19-13-9-12(14(20-2)8-11(13)16-15)18-17-10-6-4-3-5-7-10;;/h4-9,15H,1-2H3;;/q-1;;/p+1. The molecule has 0 saturated carbocycles. The van der Waals surface area contributed by atoms with Crippen LogP contribution in [0.5, 0.6) is 11.5 Å². The molecule has 0 aliphatic heterocycles. The second-order valence-electron chi connectivity index (χ2n) is 3.78. The van der Waals surface area contributed by atoms with Crippen LogP contribution in [0.25, 0.3) is 0 Å². The van der Waals surface area contributed by atoms with Crippen molar-refractivity contribution in [1.82, 2.24) is 0 Å². The summed E-state index contributed by atoms with van der Waals surface area (Å²) in [5.74, 6) is 1.02. The van der Waals surface area contributed by atoms with Gasteiger partial charge in [0, 0.05) is 12.1 Å². The maximum Gasteiger partial charge on any atom is 0.175 e. The first-order chi connectivity index (χ1) is 9.78. The Hall–Kier alpha value is -4.76. The van der Waals surface area contributed by atoms with Crippen molar-refractivity contribution >= 4 is 17.1 Å². The van der Waals surface area contributed by atoms with Crippen molar-refractivity contribution in [3.63, 3.8) is 0 Å². The number of methoxy groups -OCH3 is 2. The summed E-state index contributed by atoms with van der Waals surface area (Å²) >= 11 is 0. The fourth-order valence-corrected chi connectivity index (χ4v) is 1.60. The maximum absolute atomic E-state index is 5.30. The third-order valence-electron chi connectivity index (χ3n) is 2.59. The molecule has 0 amide bonds. The largest absolute Gasteiger partial charge is 0.494 e. The molecule has 22 heavy (non-hydrogen) atoms. The van der Waals surface area contributed by atoms with E-state index in [1.165, 1.54) is 7.11 Å². The second kappa shape index (κ2) is 7.63. The normalized spacial score (nSPS) is 9.55. The van der Waals surface area contributed by atoms with Crippen molar-refractivity contribution in [1.29, 1.82) is 0 Å². The van der Waals surface area contributed by atoms with Gasteiger partial charge >= 0.3 is 0 Å². The van der Waals surface area contributed by atoms with Crippen molar-refractivity contribution in [3.8, 4) is 11.5 Å². The van der Waals surface area contributed by atoms with Crippen molar-refractivity contribution in [2.45, 2.75) is 0 Å². The van der Waals surface area contributed by atoms with E-state index in [-0.39, 0.29) is 0 Å². The van der Waals surface area contributed by atoms with Crippen molar-refractivity contribution < 1.29 is 15.0 Å². The number of ether oxygens (including phenoxy) is 2. The molecular weight excluding hydrogens is 774 g/mol. The molecule has 130 valence electrons. The van der Waals surface area contributed by atoms with E-state index in [4.69, 9.17) is 15.0 Å². The van der Waals surface area contributed by atoms with Gasteiger partial charge in [0.05, 0.1) is 14.2 Å². The Bertz CT molecular complexity index is 636. The molecule has 2 rings (SSSR count). The maximum atomic E-state index is 5.30. The first-order valence-corrected chi connectivity index (χ1v) is 5.83. The van der Waals surface area contributed by atoms with Crippen LogP contribution in [0.15, 0.2) is 51.7 Å². The van der Waals surface area contributed by atoms with Crippen LogP contribution in [0.3, 0.4) is 0 Å². The number of benzene rings is 2. The van der Waals surface area contributed by atoms with Gasteiger partial charge in [0.15, 0.2) is 11.4 Å². The molecule has 0 saturated heterocycles. The summed E-state index contributed by atoms with van der Waals surface area (Å²) in [6, 6.07) is 13.4. The van der Waals surface area contributed by atoms with E-state index < -0.39 is 0 Å². The third kappa shape index (κ3) is 3.38. The van der Waals surface area contributed by atoms with Crippen LogP contribution >= 0.6 is 0 Å². The molecule has 0 spiro atoms. The van der Waals surface area contributed by atoms with E-state index in [2.05, 4.69) is 21.4 Å². The number of rotatable bonds is 5. The van der Waals surface area contributed by atoms with E-state index in [1.54, 1.807) is 43.5 Å². The predicted molar refractivity (Wildman–Crippen MR) is 73.0 cm³/mol. The quantitative estimate of drug-likeness (QED) is 0.374. The van der Waals surface area contributed by atoms with Gasteiger partial charge in [0.2, 0.25) is 0 Å². The summed E-state index contributed by atoms with van der Waals surface area (Å²) in [6.45, 7) is 0. The van der Waals surface area contributed by atoms with Crippen molar-refractivity contribution in [3.05, 3.63) is 42.5 Å². The zero-order valence-corrected chi connectivity index (χ0v) is 16.2. The Balaban J connectivity index is 0.00000220. The monoisotopic (exact) mass is 788 g/mol. The van der Waals surface area contributed by atoms with Gasteiger partial charge in [-0.1, -0.05) is 0 Å². The van der Waals surface area contributed by atoms with Gasteiger partial charge in [-0.15, -0.1) is 17.2 Å². The minimum Gasteiger partial charge on any atom is -0.494 e. The molecule has 0 heterocycles. The summed E-state index contributed by atoms with van der Waals surface area (Å²) in [6.07, 6.45) is 0. The van der Waals surface area contributed by atoms with E-state index in [1.807, 2.05) is 0 Å². The van der Waals surface area contributed by atoms with Crippen LogP contribution in [-0.2, 0) is 0 Å². The molecule has 0 aromatic heterocycles.